The van der Waals surface area contributed by atoms with E-state index < -0.39 is 9.73 Å². The molecule has 0 radical (unpaired) electrons. The molecule has 12 nitrogen and oxygen atoms in total. The number of fused-ring (bicyclic) bond motifs is 7. The number of nitrogens with one attached hydrogen (secondary N) is 1. The first-order valence-electron chi connectivity index (χ1n) is 16.7. The van der Waals surface area contributed by atoms with E-state index in [0.29, 0.717) is 65.2 Å². The molecule has 0 saturated carbocycles. The van der Waals surface area contributed by atoms with Crippen LogP contribution in [0.5, 0.6) is 5.88 Å². The van der Waals surface area contributed by atoms with Crippen LogP contribution in [0.3, 0.4) is 0 Å². The highest BCUT2D eigenvalue weighted by atomic mass is 32.2. The number of hydrogen-bond acceptors (Lipinski definition) is 9. The second kappa shape index (κ2) is 13.0. The molecule has 1 N–H and O–H groups in total. The van der Waals surface area contributed by atoms with E-state index in [2.05, 4.69) is 38.8 Å². The fourth-order valence-electron chi connectivity index (χ4n) is 7.06. The van der Waals surface area contributed by atoms with E-state index in [1.807, 2.05) is 32.2 Å². The van der Waals surface area contributed by atoms with E-state index in [4.69, 9.17) is 19.1 Å². The third-order valence-electron chi connectivity index (χ3n) is 9.77. The Balaban J connectivity index is 1.19. The molecule has 0 spiro atoms. The quantitative estimate of drug-likeness (QED) is 0.329. The van der Waals surface area contributed by atoms with Crippen molar-refractivity contribution in [3.63, 3.8) is 0 Å². The predicted molar refractivity (Wildman–Crippen MR) is 185 cm³/mol. The van der Waals surface area contributed by atoms with Crippen molar-refractivity contribution >= 4 is 38.3 Å². The summed E-state index contributed by atoms with van der Waals surface area (Å²) >= 11 is 0. The summed E-state index contributed by atoms with van der Waals surface area (Å²) in [6.45, 7) is 9.60. The fraction of sp³-hybridized carbons (Fsp3) is 0.529. The lowest BCUT2D eigenvalue weighted by Gasteiger charge is -2.40. The SMILES string of the molecule is Cc1cc2cc(n1)-c1cnn(C)c1OCCC[C@@H](C)Cn1c(nc3ccc(N=S4(=O)CCC(N5CCN(C)CC5)CC4)cc31)NC2=O. The zero-order valence-electron chi connectivity index (χ0n) is 27.8. The number of nitrogens with zero attached hydrogens (tertiary/aromatic N) is 8. The highest BCUT2D eigenvalue weighted by molar-refractivity contribution is 7.93. The van der Waals surface area contributed by atoms with Gasteiger partial charge in [0, 0.05) is 68.6 Å². The number of aromatic nitrogens is 5. The molecule has 3 aliphatic rings. The van der Waals surface area contributed by atoms with E-state index in [-0.39, 0.29) is 11.8 Å². The van der Waals surface area contributed by atoms with E-state index in [1.165, 1.54) is 0 Å². The van der Waals surface area contributed by atoms with Crippen molar-refractivity contribution in [1.82, 2.24) is 34.1 Å². The monoisotopic (exact) mass is 659 g/mol. The molecule has 4 aromatic rings. The van der Waals surface area contributed by atoms with Crippen molar-refractivity contribution in [3.8, 4) is 17.1 Å². The molecule has 1 amide bonds. The van der Waals surface area contributed by atoms with Crippen LogP contribution in [0.25, 0.3) is 22.3 Å². The fourth-order valence-corrected chi connectivity index (χ4v) is 9.22. The van der Waals surface area contributed by atoms with E-state index in [9.17, 15) is 9.00 Å². The molecule has 6 heterocycles. The zero-order valence-corrected chi connectivity index (χ0v) is 28.6. The lowest BCUT2D eigenvalue weighted by Crippen LogP contribution is -2.51. The second-order valence-electron chi connectivity index (χ2n) is 13.5. The normalized spacial score (nSPS) is 24.8. The van der Waals surface area contributed by atoms with Gasteiger partial charge in [-0.15, -0.1) is 0 Å². The number of aryl methyl sites for hydroxylation is 2. The number of ether oxygens (including phenoxy) is 1. The predicted octanol–water partition coefficient (Wildman–Crippen LogP) is 4.71. The van der Waals surface area contributed by atoms with Crippen molar-refractivity contribution in [2.75, 3.05) is 56.7 Å². The third-order valence-corrected chi connectivity index (χ3v) is 12.1. The number of carbonyl (C=O) groups is 1. The van der Waals surface area contributed by atoms with Crippen LogP contribution in [0.1, 0.15) is 48.7 Å². The van der Waals surface area contributed by atoms with Crippen LogP contribution in [0.2, 0.25) is 0 Å². The number of benzene rings is 1. The van der Waals surface area contributed by atoms with Crippen LogP contribution in [0.15, 0.2) is 40.9 Å². The first-order chi connectivity index (χ1) is 22.6. The number of hydrogen-bond donors (Lipinski definition) is 1. The van der Waals surface area contributed by atoms with Gasteiger partial charge < -0.3 is 14.2 Å². The molecular formula is C34H45N9O3S. The molecule has 47 heavy (non-hydrogen) atoms. The molecule has 2 saturated heterocycles. The van der Waals surface area contributed by atoms with Gasteiger partial charge in [-0.3, -0.25) is 20.0 Å². The molecule has 1 aromatic carbocycles. The molecule has 3 aromatic heterocycles. The molecule has 2 fully saturated rings. The molecule has 250 valence electrons. The minimum atomic E-state index is -2.35. The van der Waals surface area contributed by atoms with Crippen molar-refractivity contribution in [2.45, 2.75) is 52.1 Å². The topological polar surface area (TPSA) is 123 Å². The minimum Gasteiger partial charge on any atom is -0.477 e. The van der Waals surface area contributed by atoms with E-state index >= 15 is 0 Å². The number of anilines is 1. The van der Waals surface area contributed by atoms with Crippen molar-refractivity contribution in [1.29, 1.82) is 0 Å². The Kier molecular flexibility index (Phi) is 8.79. The van der Waals surface area contributed by atoms with Crippen LogP contribution < -0.4 is 10.1 Å². The number of likely N-dealkylation sites (N-methyl/N-ethyl adjacent to an activating group) is 1. The van der Waals surface area contributed by atoms with Crippen LogP contribution in [-0.4, -0.2) is 102 Å². The summed E-state index contributed by atoms with van der Waals surface area (Å²) in [6.07, 6.45) is 5.33. The highest BCUT2D eigenvalue weighted by Gasteiger charge is 2.29. The van der Waals surface area contributed by atoms with Crippen LogP contribution in [0.4, 0.5) is 11.6 Å². The molecule has 0 aliphatic carbocycles. The Labute approximate surface area is 276 Å². The maximum Gasteiger partial charge on any atom is 0.258 e. The smallest absolute Gasteiger partial charge is 0.258 e. The van der Waals surface area contributed by atoms with Crippen LogP contribution in [0, 0.1) is 12.8 Å². The molecule has 1 atom stereocenters. The minimum absolute atomic E-state index is 0.271. The number of imidazole rings is 1. The summed E-state index contributed by atoms with van der Waals surface area (Å²) in [4.78, 5) is 28.2. The Morgan fingerprint density at radius 2 is 1.81 bits per heavy atom. The molecule has 3 aliphatic heterocycles. The maximum atomic E-state index is 14.0. The van der Waals surface area contributed by atoms with Crippen LogP contribution >= 0.6 is 0 Å². The summed E-state index contributed by atoms with van der Waals surface area (Å²) in [5, 5.41) is 7.48. The molecule has 13 heteroatoms. The van der Waals surface area contributed by atoms with Gasteiger partial charge in [0.1, 0.15) is 0 Å². The summed E-state index contributed by atoms with van der Waals surface area (Å²) in [7, 11) is 1.67. The highest BCUT2D eigenvalue weighted by Crippen LogP contribution is 2.32. The first-order valence-corrected chi connectivity index (χ1v) is 18.6. The Morgan fingerprint density at radius 1 is 1.02 bits per heavy atom. The van der Waals surface area contributed by atoms with Gasteiger partial charge in [-0.25, -0.2) is 13.9 Å². The first kappa shape index (κ1) is 31.8. The summed E-state index contributed by atoms with van der Waals surface area (Å²) in [5.74, 6) is 2.36. The number of piperazine rings is 1. The lowest BCUT2D eigenvalue weighted by molar-refractivity contribution is 0.102. The van der Waals surface area contributed by atoms with Crippen molar-refractivity contribution in [2.24, 2.45) is 17.3 Å². The van der Waals surface area contributed by atoms with E-state index in [0.717, 1.165) is 68.5 Å². The van der Waals surface area contributed by atoms with Gasteiger partial charge in [0.25, 0.3) is 5.91 Å². The number of amides is 1. The largest absolute Gasteiger partial charge is 0.477 e. The molecule has 7 rings (SSSR count). The second-order valence-corrected chi connectivity index (χ2v) is 16.0. The summed E-state index contributed by atoms with van der Waals surface area (Å²) < 4.78 is 28.8. The van der Waals surface area contributed by atoms with Gasteiger partial charge >= 0.3 is 0 Å². The lowest BCUT2D eigenvalue weighted by atomic mass is 10.1. The van der Waals surface area contributed by atoms with Crippen molar-refractivity contribution in [3.05, 3.63) is 47.8 Å². The van der Waals surface area contributed by atoms with Gasteiger partial charge in [-0.1, -0.05) is 6.92 Å². The van der Waals surface area contributed by atoms with Gasteiger partial charge in [-0.05, 0) is 75.9 Å². The number of rotatable bonds is 2. The van der Waals surface area contributed by atoms with Gasteiger partial charge in [0.05, 0.1) is 50.5 Å². The number of pyridine rings is 1. The molecular weight excluding hydrogens is 615 g/mol. The Hall–Kier alpha value is -3.81. The average Bonchev–Trinajstić information content (AvgIpc) is 3.58. The maximum absolute atomic E-state index is 14.0. The molecule has 0 unspecified atom stereocenters. The standard InChI is InChI=1S/C34H45N9O3S/c1-23-6-5-15-46-33-28(21-35-41(33)4)30-19-25(18-24(2)36-30)32(44)38-34-37-29-8-7-26(20-31(29)43(34)22-23)39-47(45)16-9-27(10-17-47)42-13-11-40(3)12-14-42/h7-8,18-21,23,27H,5-6,9-17,22H2,1-4H3,(H,37,38,44)/t23-,27?,47?/m1/s1. The zero-order chi connectivity index (χ0) is 32.7. The average molecular weight is 660 g/mol. The summed E-state index contributed by atoms with van der Waals surface area (Å²) in [5.41, 5.74) is 4.91. The summed E-state index contributed by atoms with van der Waals surface area (Å²) in [6, 6.07) is 9.85. The Bertz CT molecular complexity index is 1900. The number of carbonyl (C=O) groups excluding carboxylic acids is 1. The van der Waals surface area contributed by atoms with E-state index in [1.54, 1.807) is 23.0 Å². The van der Waals surface area contributed by atoms with Crippen molar-refractivity contribution < 1.29 is 13.7 Å². The van der Waals surface area contributed by atoms with Gasteiger partial charge in [0.15, 0.2) is 0 Å². The van der Waals surface area contributed by atoms with Crippen LogP contribution in [-0.2, 0) is 23.3 Å². The molecule has 2 bridgehead atoms. The Morgan fingerprint density at radius 3 is 2.60 bits per heavy atom. The third kappa shape index (κ3) is 6.79. The van der Waals surface area contributed by atoms with Gasteiger partial charge in [-0.2, -0.15) is 9.46 Å². The van der Waals surface area contributed by atoms with Gasteiger partial charge in [0.2, 0.25) is 11.8 Å².